The molecule has 6 nitrogen and oxygen atoms in total. The molecular formula is C17H30Cl3FN4O2. The van der Waals surface area contributed by atoms with Crippen LogP contribution in [0.25, 0.3) is 0 Å². The number of piperazine rings is 1. The lowest BCUT2D eigenvalue weighted by atomic mass is 10.2. The molecule has 0 spiro atoms. The molecule has 0 bridgehead atoms. The number of ether oxygens (including phenoxy) is 1. The largest absolute Gasteiger partial charge is 0.383 e. The minimum absolute atomic E-state index is 0. The maximum absolute atomic E-state index is 13.0. The fraction of sp³-hybridized carbons (Fsp3) is 0.588. The van der Waals surface area contributed by atoms with Crippen molar-refractivity contribution in [3.05, 3.63) is 30.1 Å². The van der Waals surface area contributed by atoms with E-state index in [1.54, 1.807) is 7.11 Å². The predicted molar refractivity (Wildman–Crippen MR) is 115 cm³/mol. The maximum atomic E-state index is 13.0. The summed E-state index contributed by atoms with van der Waals surface area (Å²) >= 11 is 0. The van der Waals surface area contributed by atoms with Crippen LogP contribution in [-0.4, -0.2) is 76.9 Å². The van der Waals surface area contributed by atoms with E-state index in [9.17, 15) is 9.18 Å². The molecule has 0 saturated carbocycles. The Hall–Kier alpha value is -0.830. The maximum Gasteiger partial charge on any atom is 0.234 e. The molecule has 27 heavy (non-hydrogen) atoms. The number of hydrogen-bond donors (Lipinski definition) is 2. The molecule has 1 saturated heterocycles. The Bertz CT molecular complexity index is 503. The van der Waals surface area contributed by atoms with Gasteiger partial charge in [0.2, 0.25) is 5.91 Å². The lowest BCUT2D eigenvalue weighted by Crippen LogP contribution is -2.49. The quantitative estimate of drug-likeness (QED) is 0.563. The molecule has 0 radical (unpaired) electrons. The SMILES string of the molecule is COCCNCC(=O)NCCN1CCN(c2ccc(F)cc2)CC1.Cl.Cl.Cl. The van der Waals surface area contributed by atoms with E-state index in [-0.39, 0.29) is 48.9 Å². The van der Waals surface area contributed by atoms with E-state index in [4.69, 9.17) is 4.74 Å². The van der Waals surface area contributed by atoms with E-state index in [2.05, 4.69) is 20.4 Å². The monoisotopic (exact) mass is 446 g/mol. The molecule has 0 aromatic heterocycles. The molecule has 1 amide bonds. The van der Waals surface area contributed by atoms with Gasteiger partial charge in [-0.1, -0.05) is 0 Å². The van der Waals surface area contributed by atoms with Gasteiger partial charge in [-0.3, -0.25) is 9.69 Å². The van der Waals surface area contributed by atoms with Crippen molar-refractivity contribution < 1.29 is 13.9 Å². The summed E-state index contributed by atoms with van der Waals surface area (Å²) in [4.78, 5) is 16.2. The summed E-state index contributed by atoms with van der Waals surface area (Å²) in [5.74, 6) is -0.194. The molecule has 158 valence electrons. The number of nitrogens with one attached hydrogen (secondary N) is 2. The highest BCUT2D eigenvalue weighted by molar-refractivity contribution is 5.86. The van der Waals surface area contributed by atoms with Crippen molar-refractivity contribution in [2.75, 3.05) is 71.0 Å². The first-order chi connectivity index (χ1) is 11.7. The number of amides is 1. The van der Waals surface area contributed by atoms with Gasteiger partial charge in [0.1, 0.15) is 5.82 Å². The van der Waals surface area contributed by atoms with Crippen LogP contribution in [0, 0.1) is 5.82 Å². The van der Waals surface area contributed by atoms with E-state index in [1.807, 2.05) is 12.1 Å². The fourth-order valence-corrected chi connectivity index (χ4v) is 2.67. The summed E-state index contributed by atoms with van der Waals surface area (Å²) in [6.45, 7) is 6.82. The average molecular weight is 448 g/mol. The first-order valence-electron chi connectivity index (χ1n) is 8.38. The summed E-state index contributed by atoms with van der Waals surface area (Å²) in [5.41, 5.74) is 1.06. The second-order valence-electron chi connectivity index (χ2n) is 5.82. The van der Waals surface area contributed by atoms with Crippen molar-refractivity contribution in [2.24, 2.45) is 0 Å². The highest BCUT2D eigenvalue weighted by atomic mass is 35.5. The zero-order valence-electron chi connectivity index (χ0n) is 15.5. The van der Waals surface area contributed by atoms with Crippen LogP contribution >= 0.6 is 37.2 Å². The third kappa shape index (κ3) is 10.9. The van der Waals surface area contributed by atoms with Crippen LogP contribution in [0.1, 0.15) is 0 Å². The van der Waals surface area contributed by atoms with Crippen molar-refractivity contribution in [3.63, 3.8) is 0 Å². The van der Waals surface area contributed by atoms with Gasteiger partial charge in [-0.2, -0.15) is 0 Å². The van der Waals surface area contributed by atoms with E-state index in [1.165, 1.54) is 12.1 Å². The number of halogens is 4. The minimum atomic E-state index is -0.204. The highest BCUT2D eigenvalue weighted by Gasteiger charge is 2.16. The zero-order chi connectivity index (χ0) is 17.2. The van der Waals surface area contributed by atoms with Crippen LogP contribution in [-0.2, 0) is 9.53 Å². The minimum Gasteiger partial charge on any atom is -0.383 e. The van der Waals surface area contributed by atoms with Gasteiger partial charge in [-0.05, 0) is 24.3 Å². The Morgan fingerprint density at radius 1 is 1.07 bits per heavy atom. The topological polar surface area (TPSA) is 56.8 Å². The van der Waals surface area contributed by atoms with Gasteiger partial charge in [0, 0.05) is 58.6 Å². The van der Waals surface area contributed by atoms with Gasteiger partial charge in [0.15, 0.2) is 0 Å². The number of nitrogens with zero attached hydrogens (tertiary/aromatic N) is 2. The third-order valence-corrected chi connectivity index (χ3v) is 4.08. The molecule has 10 heteroatoms. The highest BCUT2D eigenvalue weighted by Crippen LogP contribution is 2.16. The molecule has 0 unspecified atom stereocenters. The number of benzene rings is 1. The molecule has 0 aliphatic carbocycles. The molecule has 2 N–H and O–H groups in total. The molecule has 1 aromatic carbocycles. The van der Waals surface area contributed by atoms with Crippen LogP contribution in [0.15, 0.2) is 24.3 Å². The number of anilines is 1. The van der Waals surface area contributed by atoms with Gasteiger partial charge >= 0.3 is 0 Å². The Balaban J connectivity index is 0. The van der Waals surface area contributed by atoms with Crippen LogP contribution in [0.4, 0.5) is 10.1 Å². The second-order valence-corrected chi connectivity index (χ2v) is 5.82. The van der Waals surface area contributed by atoms with Crippen LogP contribution in [0.5, 0.6) is 0 Å². The van der Waals surface area contributed by atoms with Crippen molar-refractivity contribution in [1.29, 1.82) is 0 Å². The van der Waals surface area contributed by atoms with Gasteiger partial charge < -0.3 is 20.3 Å². The lowest BCUT2D eigenvalue weighted by molar-refractivity contribution is -0.120. The van der Waals surface area contributed by atoms with Crippen molar-refractivity contribution in [3.8, 4) is 0 Å². The normalized spacial score (nSPS) is 13.8. The molecule has 1 fully saturated rings. The summed E-state index contributed by atoms with van der Waals surface area (Å²) in [6.07, 6.45) is 0. The van der Waals surface area contributed by atoms with Gasteiger partial charge in [0.25, 0.3) is 0 Å². The number of methoxy groups -OCH3 is 1. The first-order valence-corrected chi connectivity index (χ1v) is 8.38. The smallest absolute Gasteiger partial charge is 0.234 e. The zero-order valence-corrected chi connectivity index (χ0v) is 17.9. The van der Waals surface area contributed by atoms with Gasteiger partial charge in [0.05, 0.1) is 13.2 Å². The van der Waals surface area contributed by atoms with E-state index >= 15 is 0 Å². The molecule has 1 heterocycles. The molecule has 2 rings (SSSR count). The number of rotatable bonds is 9. The van der Waals surface area contributed by atoms with Crippen molar-refractivity contribution in [2.45, 2.75) is 0 Å². The van der Waals surface area contributed by atoms with Crippen molar-refractivity contribution in [1.82, 2.24) is 15.5 Å². The molecule has 1 aliphatic heterocycles. The summed E-state index contributed by atoms with van der Waals surface area (Å²) in [5, 5.41) is 5.94. The van der Waals surface area contributed by atoms with Crippen molar-refractivity contribution >= 4 is 48.8 Å². The first kappa shape index (κ1) is 28.4. The standard InChI is InChI=1S/C17H27FN4O2.3ClH/c1-24-13-7-19-14-17(23)20-6-8-21-9-11-22(12-10-21)16-4-2-15(18)3-5-16;;;/h2-5,19H,6-14H2,1H3,(H,20,23);3*1H. The Morgan fingerprint density at radius 2 is 1.70 bits per heavy atom. The summed E-state index contributed by atoms with van der Waals surface area (Å²) < 4.78 is 17.9. The molecule has 0 atom stereocenters. The van der Waals surface area contributed by atoms with E-state index in [0.29, 0.717) is 26.2 Å². The fourth-order valence-electron chi connectivity index (χ4n) is 2.67. The summed E-state index contributed by atoms with van der Waals surface area (Å²) in [7, 11) is 1.64. The third-order valence-electron chi connectivity index (χ3n) is 4.08. The Morgan fingerprint density at radius 3 is 2.30 bits per heavy atom. The second kappa shape index (κ2) is 16.2. The van der Waals surface area contributed by atoms with E-state index < -0.39 is 0 Å². The van der Waals surface area contributed by atoms with Gasteiger partial charge in [-0.15, -0.1) is 37.2 Å². The lowest BCUT2D eigenvalue weighted by Gasteiger charge is -2.36. The summed E-state index contributed by atoms with van der Waals surface area (Å²) in [6, 6.07) is 6.64. The van der Waals surface area contributed by atoms with Crippen LogP contribution < -0.4 is 15.5 Å². The number of carbonyl (C=O) groups excluding carboxylic acids is 1. The molecule has 1 aromatic rings. The van der Waals surface area contributed by atoms with Gasteiger partial charge in [-0.25, -0.2) is 4.39 Å². The number of carbonyl (C=O) groups is 1. The van der Waals surface area contributed by atoms with Crippen LogP contribution in [0.2, 0.25) is 0 Å². The van der Waals surface area contributed by atoms with E-state index in [0.717, 1.165) is 38.4 Å². The Labute approximate surface area is 179 Å². The van der Waals surface area contributed by atoms with Crippen LogP contribution in [0.3, 0.4) is 0 Å². The molecular weight excluding hydrogens is 418 g/mol. The number of hydrogen-bond acceptors (Lipinski definition) is 5. The average Bonchev–Trinajstić information content (AvgIpc) is 2.60. The molecule has 1 aliphatic rings. The predicted octanol–water partition coefficient (Wildman–Crippen LogP) is 1.57. The Kier molecular flexibility index (Phi) is 17.0.